The predicted molar refractivity (Wildman–Crippen MR) is 86.9 cm³/mol. The van der Waals surface area contributed by atoms with Crippen LogP contribution in [0.15, 0.2) is 22.7 Å². The third-order valence-corrected chi connectivity index (χ3v) is 4.83. The number of benzene rings is 1. The van der Waals surface area contributed by atoms with Crippen LogP contribution in [-0.2, 0) is 6.42 Å². The summed E-state index contributed by atoms with van der Waals surface area (Å²) in [7, 11) is 0. The van der Waals surface area contributed by atoms with E-state index in [4.69, 9.17) is 11.6 Å². The summed E-state index contributed by atoms with van der Waals surface area (Å²) in [6.45, 7) is 3.38. The van der Waals surface area contributed by atoms with Gasteiger partial charge in [0.1, 0.15) is 0 Å². The van der Waals surface area contributed by atoms with Crippen LogP contribution in [0.1, 0.15) is 44.6 Å². The number of hydrogen-bond acceptors (Lipinski definition) is 1. The van der Waals surface area contributed by atoms with Crippen LogP contribution in [0.2, 0.25) is 5.02 Å². The van der Waals surface area contributed by atoms with Crippen LogP contribution in [0, 0.1) is 5.92 Å². The lowest BCUT2D eigenvalue weighted by Crippen LogP contribution is -2.35. The highest BCUT2D eigenvalue weighted by Crippen LogP contribution is 2.30. The Kier molecular flexibility index (Phi) is 6.18. The molecule has 0 aromatic heterocycles. The van der Waals surface area contributed by atoms with Crippen molar-refractivity contribution < 1.29 is 0 Å². The number of nitrogens with one attached hydrogen (secondary N) is 1. The van der Waals surface area contributed by atoms with Crippen LogP contribution in [-0.4, -0.2) is 12.6 Å². The van der Waals surface area contributed by atoms with Gasteiger partial charge >= 0.3 is 0 Å². The first-order valence-corrected chi connectivity index (χ1v) is 8.53. The topological polar surface area (TPSA) is 12.0 Å². The smallest absolute Gasteiger partial charge is 0.0449 e. The van der Waals surface area contributed by atoms with Crippen molar-refractivity contribution in [2.45, 2.75) is 51.5 Å². The Morgan fingerprint density at radius 3 is 2.95 bits per heavy atom. The lowest BCUT2D eigenvalue weighted by molar-refractivity contribution is 0.284. The van der Waals surface area contributed by atoms with E-state index in [1.807, 2.05) is 6.07 Å². The molecular weight excluding hydrogens is 322 g/mol. The standard InChI is InChI=1S/C16H23BrClN/c1-2-8-19-15-5-3-4-12(10-15)9-13-6-7-14(17)11-16(13)18/h6-7,11-12,15,19H,2-5,8-10H2,1H3. The average molecular weight is 345 g/mol. The summed E-state index contributed by atoms with van der Waals surface area (Å²) >= 11 is 9.79. The maximum Gasteiger partial charge on any atom is 0.0449 e. The van der Waals surface area contributed by atoms with Gasteiger partial charge in [0.15, 0.2) is 0 Å². The van der Waals surface area contributed by atoms with Crippen molar-refractivity contribution in [1.29, 1.82) is 0 Å². The van der Waals surface area contributed by atoms with Crippen LogP contribution in [0.4, 0.5) is 0 Å². The van der Waals surface area contributed by atoms with Gasteiger partial charge < -0.3 is 5.32 Å². The molecule has 2 unspecified atom stereocenters. The fraction of sp³-hybridized carbons (Fsp3) is 0.625. The van der Waals surface area contributed by atoms with Gasteiger partial charge in [-0.2, -0.15) is 0 Å². The first-order chi connectivity index (χ1) is 9.19. The van der Waals surface area contributed by atoms with Crippen molar-refractivity contribution in [3.63, 3.8) is 0 Å². The second-order valence-corrected chi connectivity index (χ2v) is 6.95. The highest BCUT2D eigenvalue weighted by molar-refractivity contribution is 9.10. The molecule has 2 rings (SSSR count). The summed E-state index contributed by atoms with van der Waals surface area (Å²) in [6, 6.07) is 6.98. The van der Waals surface area contributed by atoms with Gasteiger partial charge in [-0.15, -0.1) is 0 Å². The van der Waals surface area contributed by atoms with Crippen molar-refractivity contribution >= 4 is 27.5 Å². The molecule has 19 heavy (non-hydrogen) atoms. The maximum atomic E-state index is 6.32. The first kappa shape index (κ1) is 15.3. The summed E-state index contributed by atoms with van der Waals surface area (Å²) in [5.74, 6) is 0.779. The largest absolute Gasteiger partial charge is 0.314 e. The number of halogens is 2. The average Bonchev–Trinajstić information content (AvgIpc) is 2.40. The fourth-order valence-corrected chi connectivity index (χ4v) is 3.76. The van der Waals surface area contributed by atoms with Gasteiger partial charge in [-0.3, -0.25) is 0 Å². The third-order valence-electron chi connectivity index (χ3n) is 3.99. The molecule has 0 spiro atoms. The quantitative estimate of drug-likeness (QED) is 0.773. The van der Waals surface area contributed by atoms with Crippen molar-refractivity contribution in [3.8, 4) is 0 Å². The van der Waals surface area contributed by atoms with Gasteiger partial charge in [-0.05, 0) is 55.8 Å². The zero-order valence-corrected chi connectivity index (χ0v) is 13.9. The van der Waals surface area contributed by atoms with Crippen LogP contribution >= 0.6 is 27.5 Å². The van der Waals surface area contributed by atoms with E-state index < -0.39 is 0 Å². The second kappa shape index (κ2) is 7.66. The minimum absolute atomic E-state index is 0.716. The summed E-state index contributed by atoms with van der Waals surface area (Å²) in [4.78, 5) is 0. The van der Waals surface area contributed by atoms with E-state index in [-0.39, 0.29) is 0 Å². The summed E-state index contributed by atoms with van der Waals surface area (Å²) in [5, 5.41) is 4.57. The Hall–Kier alpha value is -0.0500. The number of rotatable bonds is 5. The van der Waals surface area contributed by atoms with Gasteiger partial charge in [0.2, 0.25) is 0 Å². The molecular formula is C16H23BrClN. The Balaban J connectivity index is 1.91. The summed E-state index contributed by atoms with van der Waals surface area (Å²) < 4.78 is 1.06. The Morgan fingerprint density at radius 2 is 2.21 bits per heavy atom. The van der Waals surface area contributed by atoms with Crippen LogP contribution in [0.3, 0.4) is 0 Å². The van der Waals surface area contributed by atoms with E-state index in [2.05, 4.69) is 40.3 Å². The van der Waals surface area contributed by atoms with Crippen molar-refractivity contribution in [2.75, 3.05) is 6.54 Å². The molecule has 1 aliphatic rings. The molecule has 0 heterocycles. The molecule has 1 aromatic carbocycles. The molecule has 106 valence electrons. The molecule has 1 aromatic rings. The highest BCUT2D eigenvalue weighted by atomic mass is 79.9. The van der Waals surface area contributed by atoms with Gasteiger partial charge in [-0.25, -0.2) is 0 Å². The lowest BCUT2D eigenvalue weighted by atomic mass is 9.82. The van der Waals surface area contributed by atoms with Gasteiger partial charge in [0.25, 0.3) is 0 Å². The molecule has 0 saturated heterocycles. The van der Waals surface area contributed by atoms with E-state index in [1.165, 1.54) is 37.7 Å². The van der Waals surface area contributed by atoms with Crippen LogP contribution in [0.5, 0.6) is 0 Å². The Bertz CT molecular complexity index is 408. The van der Waals surface area contributed by atoms with E-state index in [0.717, 1.165) is 28.4 Å². The highest BCUT2D eigenvalue weighted by Gasteiger charge is 2.22. The minimum Gasteiger partial charge on any atom is -0.314 e. The zero-order chi connectivity index (χ0) is 13.7. The van der Waals surface area contributed by atoms with Gasteiger partial charge in [0, 0.05) is 15.5 Å². The van der Waals surface area contributed by atoms with Gasteiger partial charge in [0.05, 0.1) is 0 Å². The number of hydrogen-bond donors (Lipinski definition) is 1. The summed E-state index contributed by atoms with van der Waals surface area (Å²) in [6.07, 6.45) is 7.67. The van der Waals surface area contributed by atoms with Gasteiger partial charge in [-0.1, -0.05) is 53.4 Å². The molecule has 1 N–H and O–H groups in total. The molecule has 3 heteroatoms. The Morgan fingerprint density at radius 1 is 1.37 bits per heavy atom. The molecule has 1 saturated carbocycles. The first-order valence-electron chi connectivity index (χ1n) is 7.36. The molecule has 1 aliphatic carbocycles. The predicted octanol–water partition coefficient (Wildman–Crippen LogP) is 5.20. The Labute approximate surface area is 130 Å². The van der Waals surface area contributed by atoms with Crippen LogP contribution < -0.4 is 5.32 Å². The zero-order valence-electron chi connectivity index (χ0n) is 11.6. The SMILES string of the molecule is CCCNC1CCCC(Cc2ccc(Br)cc2Cl)C1. The molecule has 0 bridgehead atoms. The van der Waals surface area contributed by atoms with E-state index in [1.54, 1.807) is 0 Å². The summed E-state index contributed by atoms with van der Waals surface area (Å²) in [5.41, 5.74) is 1.30. The normalized spacial score (nSPS) is 23.5. The molecule has 1 nitrogen and oxygen atoms in total. The monoisotopic (exact) mass is 343 g/mol. The van der Waals surface area contributed by atoms with Crippen molar-refractivity contribution in [1.82, 2.24) is 5.32 Å². The van der Waals surface area contributed by atoms with E-state index >= 15 is 0 Å². The minimum atomic E-state index is 0.716. The molecule has 2 atom stereocenters. The molecule has 0 amide bonds. The van der Waals surface area contributed by atoms with E-state index in [9.17, 15) is 0 Å². The molecule has 0 aliphatic heterocycles. The van der Waals surface area contributed by atoms with Crippen molar-refractivity contribution in [2.24, 2.45) is 5.92 Å². The maximum absolute atomic E-state index is 6.32. The van der Waals surface area contributed by atoms with Crippen molar-refractivity contribution in [3.05, 3.63) is 33.3 Å². The third kappa shape index (κ3) is 4.77. The molecule has 0 radical (unpaired) electrons. The van der Waals surface area contributed by atoms with E-state index in [0.29, 0.717) is 6.04 Å². The molecule has 1 fully saturated rings. The van der Waals surface area contributed by atoms with Crippen LogP contribution in [0.25, 0.3) is 0 Å². The fourth-order valence-electron chi connectivity index (χ4n) is 3.01. The second-order valence-electron chi connectivity index (χ2n) is 5.62. The lowest BCUT2D eigenvalue weighted by Gasteiger charge is -2.30.